The highest BCUT2D eigenvalue weighted by molar-refractivity contribution is 5.32. The number of ether oxygens (including phenoxy) is 1. The van der Waals surface area contributed by atoms with Crippen molar-refractivity contribution in [2.75, 3.05) is 0 Å². The molecule has 0 spiro atoms. The van der Waals surface area contributed by atoms with E-state index in [9.17, 15) is 13.2 Å². The fourth-order valence-corrected chi connectivity index (χ4v) is 1.51. The SMILES string of the molecule is N[C@@H](c1ccc(OC(F)(F)F)cc1)c1ccco1. The Hall–Kier alpha value is -1.95. The minimum atomic E-state index is -4.69. The van der Waals surface area contributed by atoms with E-state index in [1.165, 1.54) is 30.5 Å². The Morgan fingerprint density at radius 1 is 1.11 bits per heavy atom. The highest BCUT2D eigenvalue weighted by atomic mass is 19.4. The molecule has 1 atom stereocenters. The molecule has 2 N–H and O–H groups in total. The summed E-state index contributed by atoms with van der Waals surface area (Å²) < 4.78 is 44.8. The van der Waals surface area contributed by atoms with Gasteiger partial charge >= 0.3 is 6.36 Å². The van der Waals surface area contributed by atoms with Gasteiger partial charge in [-0.25, -0.2) is 0 Å². The lowest BCUT2D eigenvalue weighted by molar-refractivity contribution is -0.274. The second-order valence-electron chi connectivity index (χ2n) is 3.61. The first kappa shape index (κ1) is 12.5. The minimum absolute atomic E-state index is 0.280. The Kier molecular flexibility index (Phi) is 3.29. The van der Waals surface area contributed by atoms with Crippen LogP contribution in [0.1, 0.15) is 17.4 Å². The molecule has 0 radical (unpaired) electrons. The first-order valence-corrected chi connectivity index (χ1v) is 5.10. The predicted octanol–water partition coefficient (Wildman–Crippen LogP) is 3.23. The average molecular weight is 257 g/mol. The molecule has 0 amide bonds. The van der Waals surface area contributed by atoms with Crippen LogP contribution in [0.5, 0.6) is 5.75 Å². The molecule has 0 bridgehead atoms. The summed E-state index contributed by atoms with van der Waals surface area (Å²) in [5.41, 5.74) is 6.52. The normalized spacial score (nSPS) is 13.3. The summed E-state index contributed by atoms with van der Waals surface area (Å²) in [7, 11) is 0. The summed E-state index contributed by atoms with van der Waals surface area (Å²) in [5.74, 6) is 0.261. The topological polar surface area (TPSA) is 48.4 Å². The van der Waals surface area contributed by atoms with Gasteiger partial charge in [0.05, 0.1) is 12.3 Å². The molecule has 1 aromatic heterocycles. The molecule has 0 saturated carbocycles. The van der Waals surface area contributed by atoms with E-state index in [0.29, 0.717) is 11.3 Å². The Balaban J connectivity index is 2.13. The van der Waals surface area contributed by atoms with Gasteiger partial charge in [0.25, 0.3) is 0 Å². The summed E-state index contributed by atoms with van der Waals surface area (Å²) in [6.07, 6.45) is -3.21. The van der Waals surface area contributed by atoms with Gasteiger partial charge in [-0.15, -0.1) is 13.2 Å². The fraction of sp³-hybridized carbons (Fsp3) is 0.167. The van der Waals surface area contributed by atoms with Crippen molar-refractivity contribution in [1.29, 1.82) is 0 Å². The lowest BCUT2D eigenvalue weighted by Crippen LogP contribution is -2.17. The molecule has 3 nitrogen and oxygen atoms in total. The van der Waals surface area contributed by atoms with Crippen molar-refractivity contribution in [3.8, 4) is 5.75 Å². The number of rotatable bonds is 3. The molecular formula is C12H10F3NO2. The molecule has 18 heavy (non-hydrogen) atoms. The Morgan fingerprint density at radius 2 is 1.78 bits per heavy atom. The third kappa shape index (κ3) is 3.04. The van der Waals surface area contributed by atoms with Crippen LogP contribution in [0, 0.1) is 0 Å². The molecule has 0 aliphatic rings. The highest BCUT2D eigenvalue weighted by Crippen LogP contribution is 2.25. The summed E-state index contributed by atoms with van der Waals surface area (Å²) in [6, 6.07) is 8.24. The minimum Gasteiger partial charge on any atom is -0.467 e. The fourth-order valence-electron chi connectivity index (χ4n) is 1.51. The van der Waals surface area contributed by atoms with Gasteiger partial charge in [-0.1, -0.05) is 12.1 Å². The number of alkyl halides is 3. The van der Waals surface area contributed by atoms with Crippen LogP contribution < -0.4 is 10.5 Å². The van der Waals surface area contributed by atoms with Crippen molar-refractivity contribution in [2.45, 2.75) is 12.4 Å². The van der Waals surface area contributed by atoms with Crippen molar-refractivity contribution >= 4 is 0 Å². The number of furan rings is 1. The van der Waals surface area contributed by atoms with Gasteiger partial charge < -0.3 is 14.9 Å². The van der Waals surface area contributed by atoms with Crippen LogP contribution >= 0.6 is 0 Å². The third-order valence-electron chi connectivity index (χ3n) is 2.32. The van der Waals surface area contributed by atoms with Crippen molar-refractivity contribution < 1.29 is 22.3 Å². The maximum absolute atomic E-state index is 12.0. The molecule has 6 heteroatoms. The van der Waals surface area contributed by atoms with Crippen LogP contribution in [0.15, 0.2) is 47.1 Å². The molecule has 0 aliphatic heterocycles. The summed E-state index contributed by atoms with van der Waals surface area (Å²) in [5, 5.41) is 0. The monoisotopic (exact) mass is 257 g/mol. The van der Waals surface area contributed by atoms with Crippen LogP contribution in [0.25, 0.3) is 0 Å². The van der Waals surface area contributed by atoms with Gasteiger partial charge in [-0.3, -0.25) is 0 Å². The second kappa shape index (κ2) is 4.73. The van der Waals surface area contributed by atoms with Gasteiger partial charge in [-0.2, -0.15) is 0 Å². The largest absolute Gasteiger partial charge is 0.573 e. The molecule has 0 fully saturated rings. The number of hydrogen-bond donors (Lipinski definition) is 1. The Bertz CT molecular complexity index is 491. The van der Waals surface area contributed by atoms with Crippen molar-refractivity contribution in [1.82, 2.24) is 0 Å². The second-order valence-corrected chi connectivity index (χ2v) is 3.61. The lowest BCUT2D eigenvalue weighted by Gasteiger charge is -2.11. The zero-order valence-corrected chi connectivity index (χ0v) is 9.15. The lowest BCUT2D eigenvalue weighted by atomic mass is 10.1. The van der Waals surface area contributed by atoms with E-state index in [2.05, 4.69) is 4.74 Å². The van der Waals surface area contributed by atoms with E-state index in [-0.39, 0.29) is 5.75 Å². The van der Waals surface area contributed by atoms with Crippen molar-refractivity contribution in [3.63, 3.8) is 0 Å². The van der Waals surface area contributed by atoms with E-state index in [4.69, 9.17) is 10.2 Å². The van der Waals surface area contributed by atoms with Crippen LogP contribution in [0.2, 0.25) is 0 Å². The number of nitrogens with two attached hydrogens (primary N) is 1. The van der Waals surface area contributed by atoms with Crippen LogP contribution in [-0.2, 0) is 0 Å². The smallest absolute Gasteiger partial charge is 0.467 e. The van der Waals surface area contributed by atoms with E-state index in [1.807, 2.05) is 0 Å². The van der Waals surface area contributed by atoms with Gasteiger partial charge in [0.2, 0.25) is 0 Å². The van der Waals surface area contributed by atoms with Crippen molar-refractivity contribution in [3.05, 3.63) is 54.0 Å². The third-order valence-corrected chi connectivity index (χ3v) is 2.32. The number of hydrogen-bond acceptors (Lipinski definition) is 3. The van der Waals surface area contributed by atoms with E-state index in [0.717, 1.165) is 0 Å². The standard InChI is InChI=1S/C12H10F3NO2/c13-12(14,15)18-9-5-3-8(4-6-9)11(16)10-2-1-7-17-10/h1-7,11H,16H2/t11-/m0/s1. The van der Waals surface area contributed by atoms with Gasteiger partial charge in [0, 0.05) is 0 Å². The molecular weight excluding hydrogens is 247 g/mol. The zero-order valence-electron chi connectivity index (χ0n) is 9.15. The van der Waals surface area contributed by atoms with E-state index >= 15 is 0 Å². The molecule has 2 aromatic rings. The number of benzene rings is 1. The maximum Gasteiger partial charge on any atom is 0.573 e. The van der Waals surface area contributed by atoms with E-state index in [1.54, 1.807) is 12.1 Å². The molecule has 0 aliphatic carbocycles. The van der Waals surface area contributed by atoms with Crippen LogP contribution in [0.3, 0.4) is 0 Å². The van der Waals surface area contributed by atoms with Gasteiger partial charge in [-0.05, 0) is 29.8 Å². The summed E-state index contributed by atoms with van der Waals surface area (Å²) in [6.45, 7) is 0. The van der Waals surface area contributed by atoms with Crippen LogP contribution in [-0.4, -0.2) is 6.36 Å². The molecule has 2 rings (SSSR count). The van der Waals surface area contributed by atoms with Gasteiger partial charge in [0.15, 0.2) is 0 Å². The number of halogens is 3. The summed E-state index contributed by atoms with van der Waals surface area (Å²) in [4.78, 5) is 0. The predicted molar refractivity (Wildman–Crippen MR) is 57.9 cm³/mol. The van der Waals surface area contributed by atoms with E-state index < -0.39 is 12.4 Å². The Morgan fingerprint density at radius 3 is 2.28 bits per heavy atom. The van der Waals surface area contributed by atoms with Crippen molar-refractivity contribution in [2.24, 2.45) is 5.73 Å². The quantitative estimate of drug-likeness (QED) is 0.918. The highest BCUT2D eigenvalue weighted by Gasteiger charge is 2.31. The van der Waals surface area contributed by atoms with Gasteiger partial charge in [0.1, 0.15) is 11.5 Å². The average Bonchev–Trinajstić information content (AvgIpc) is 2.80. The first-order valence-electron chi connectivity index (χ1n) is 5.10. The molecule has 0 saturated heterocycles. The molecule has 1 heterocycles. The molecule has 1 aromatic carbocycles. The molecule has 96 valence electrons. The first-order chi connectivity index (χ1) is 8.46. The molecule has 0 unspecified atom stereocenters. The van der Waals surface area contributed by atoms with Crippen LogP contribution in [0.4, 0.5) is 13.2 Å². The Labute approximate surface area is 101 Å². The maximum atomic E-state index is 12.0. The zero-order chi connectivity index (χ0) is 13.2. The summed E-state index contributed by atoms with van der Waals surface area (Å²) >= 11 is 0.